The van der Waals surface area contributed by atoms with Gasteiger partial charge in [0, 0.05) is 29.4 Å². The van der Waals surface area contributed by atoms with Gasteiger partial charge in [-0.15, -0.1) is 0 Å². The molecule has 0 radical (unpaired) electrons. The Morgan fingerprint density at radius 1 is 1.06 bits per heavy atom. The Balaban J connectivity index is 1.30. The third-order valence-electron chi connectivity index (χ3n) is 5.97. The number of ether oxygens (including phenoxy) is 1. The van der Waals surface area contributed by atoms with Crippen LogP contribution < -0.4 is 4.74 Å². The molecule has 2 aromatic carbocycles. The minimum Gasteiger partial charge on any atom is -0.494 e. The molecule has 0 spiro atoms. The van der Waals surface area contributed by atoms with E-state index in [0.717, 1.165) is 47.9 Å². The van der Waals surface area contributed by atoms with Gasteiger partial charge >= 0.3 is 6.01 Å². The molecule has 0 saturated heterocycles. The molecule has 5 rings (SSSR count). The molecule has 0 saturated carbocycles. The molecule has 2 heterocycles. The number of hydrogen-bond donors (Lipinski definition) is 0. The number of hydrogen-bond acceptors (Lipinski definition) is 4. The molecule has 0 aliphatic heterocycles. The van der Waals surface area contributed by atoms with Crippen LogP contribution in [0.5, 0.6) is 5.75 Å². The van der Waals surface area contributed by atoms with Crippen molar-refractivity contribution in [3.05, 3.63) is 82.6 Å². The van der Waals surface area contributed by atoms with Crippen molar-refractivity contribution in [2.75, 3.05) is 6.61 Å². The van der Waals surface area contributed by atoms with Crippen LogP contribution >= 0.6 is 11.6 Å². The van der Waals surface area contributed by atoms with Gasteiger partial charge in [-0.3, -0.25) is 4.57 Å². The highest BCUT2D eigenvalue weighted by Gasteiger charge is 2.17. The van der Waals surface area contributed by atoms with Crippen molar-refractivity contribution in [1.82, 2.24) is 14.5 Å². The number of nitrogens with zero attached hydrogens (tertiary/aromatic N) is 3. The van der Waals surface area contributed by atoms with Gasteiger partial charge in [0.1, 0.15) is 23.0 Å². The van der Waals surface area contributed by atoms with Crippen molar-refractivity contribution in [2.24, 2.45) is 0 Å². The van der Waals surface area contributed by atoms with E-state index in [4.69, 9.17) is 25.7 Å². The van der Waals surface area contributed by atoms with Crippen molar-refractivity contribution in [2.45, 2.75) is 45.4 Å². The van der Waals surface area contributed by atoms with Gasteiger partial charge in [-0.25, -0.2) is 4.98 Å². The van der Waals surface area contributed by atoms with E-state index in [2.05, 4.69) is 23.2 Å². The maximum atomic E-state index is 6.17. The summed E-state index contributed by atoms with van der Waals surface area (Å²) in [5.41, 5.74) is 4.72. The number of benzene rings is 2. The molecule has 0 atom stereocenters. The van der Waals surface area contributed by atoms with Crippen molar-refractivity contribution in [3.63, 3.8) is 0 Å². The lowest BCUT2D eigenvalue weighted by molar-refractivity contribution is 0.305. The molecule has 0 bridgehead atoms. The first-order valence-electron chi connectivity index (χ1n) is 11.2. The van der Waals surface area contributed by atoms with E-state index in [1.165, 1.54) is 30.4 Å². The predicted molar refractivity (Wildman–Crippen MR) is 126 cm³/mol. The standard InChI is InChI=1S/C26H26ClN3O2/c1-18-28-14-15-30(18)26-29-25(20-8-11-22(27)12-9-20)24(32-26)7-4-16-31-23-13-10-19-5-2-3-6-21(19)17-23/h8-15,17H,2-7,16H2,1H3. The zero-order valence-electron chi connectivity index (χ0n) is 18.2. The molecular weight excluding hydrogens is 422 g/mol. The van der Waals surface area contributed by atoms with Crippen LogP contribution in [0.15, 0.2) is 59.3 Å². The van der Waals surface area contributed by atoms with E-state index < -0.39 is 0 Å². The van der Waals surface area contributed by atoms with Gasteiger partial charge in [0.15, 0.2) is 0 Å². The van der Waals surface area contributed by atoms with Gasteiger partial charge in [0.25, 0.3) is 0 Å². The number of rotatable bonds is 7. The average Bonchev–Trinajstić information content (AvgIpc) is 3.43. The molecule has 0 unspecified atom stereocenters. The van der Waals surface area contributed by atoms with Gasteiger partial charge in [-0.1, -0.05) is 29.8 Å². The molecule has 2 aromatic heterocycles. The summed E-state index contributed by atoms with van der Waals surface area (Å²) < 4.78 is 14.1. The zero-order chi connectivity index (χ0) is 21.9. The largest absolute Gasteiger partial charge is 0.494 e. The maximum absolute atomic E-state index is 6.17. The van der Waals surface area contributed by atoms with E-state index in [0.29, 0.717) is 17.6 Å². The molecule has 6 heteroatoms. The highest BCUT2D eigenvalue weighted by Crippen LogP contribution is 2.29. The molecule has 0 amide bonds. The van der Waals surface area contributed by atoms with Gasteiger partial charge in [-0.2, -0.15) is 4.98 Å². The second-order valence-corrected chi connectivity index (χ2v) is 8.65. The average molecular weight is 448 g/mol. The zero-order valence-corrected chi connectivity index (χ0v) is 18.9. The second-order valence-electron chi connectivity index (χ2n) is 8.21. The second kappa shape index (κ2) is 9.21. The Morgan fingerprint density at radius 2 is 1.88 bits per heavy atom. The van der Waals surface area contributed by atoms with E-state index in [-0.39, 0.29) is 0 Å². The Labute approximate surface area is 193 Å². The smallest absolute Gasteiger partial charge is 0.307 e. The summed E-state index contributed by atoms with van der Waals surface area (Å²) in [6, 6.07) is 14.7. The van der Waals surface area contributed by atoms with Crippen LogP contribution in [0.2, 0.25) is 5.02 Å². The summed E-state index contributed by atoms with van der Waals surface area (Å²) in [7, 11) is 0. The van der Waals surface area contributed by atoms with Gasteiger partial charge in [0.05, 0.1) is 6.61 Å². The number of aromatic nitrogens is 3. The van der Waals surface area contributed by atoms with Crippen LogP contribution in [-0.4, -0.2) is 21.1 Å². The first-order chi connectivity index (χ1) is 15.7. The van der Waals surface area contributed by atoms with Crippen molar-refractivity contribution >= 4 is 11.6 Å². The van der Waals surface area contributed by atoms with Gasteiger partial charge < -0.3 is 9.15 Å². The first-order valence-corrected chi connectivity index (χ1v) is 11.6. The van der Waals surface area contributed by atoms with E-state index >= 15 is 0 Å². The molecule has 1 aliphatic rings. The molecule has 0 N–H and O–H groups in total. The van der Waals surface area contributed by atoms with Crippen LogP contribution in [0.25, 0.3) is 17.3 Å². The Kier molecular flexibility index (Phi) is 5.99. The lowest BCUT2D eigenvalue weighted by Gasteiger charge is -2.16. The Morgan fingerprint density at radius 3 is 2.66 bits per heavy atom. The molecule has 0 fully saturated rings. The fraction of sp³-hybridized carbons (Fsp3) is 0.308. The summed E-state index contributed by atoms with van der Waals surface area (Å²) in [4.78, 5) is 9.05. The first kappa shape index (κ1) is 20.8. The van der Waals surface area contributed by atoms with E-state index in [9.17, 15) is 0 Å². The number of imidazole rings is 1. The summed E-state index contributed by atoms with van der Waals surface area (Å²) >= 11 is 6.08. The number of fused-ring (bicyclic) bond motifs is 1. The minimum absolute atomic E-state index is 0.524. The SMILES string of the molecule is Cc1nccn1-c1nc(-c2ccc(Cl)cc2)c(CCCOc2ccc3c(c2)CCCC3)o1. The van der Waals surface area contributed by atoms with Crippen LogP contribution in [0, 0.1) is 6.92 Å². The summed E-state index contributed by atoms with van der Waals surface area (Å²) in [5, 5.41) is 0.697. The molecular formula is C26H26ClN3O2. The normalized spacial score (nSPS) is 13.2. The fourth-order valence-corrected chi connectivity index (χ4v) is 4.37. The highest BCUT2D eigenvalue weighted by atomic mass is 35.5. The van der Waals surface area contributed by atoms with E-state index in [1.807, 2.05) is 42.0 Å². The minimum atomic E-state index is 0.524. The lowest BCUT2D eigenvalue weighted by Crippen LogP contribution is -2.04. The number of oxazole rings is 1. The summed E-state index contributed by atoms with van der Waals surface area (Å²) in [5.74, 6) is 2.62. The molecule has 164 valence electrons. The molecule has 32 heavy (non-hydrogen) atoms. The third kappa shape index (κ3) is 4.44. The van der Waals surface area contributed by atoms with Crippen LogP contribution in [0.1, 0.15) is 42.0 Å². The molecule has 5 nitrogen and oxygen atoms in total. The van der Waals surface area contributed by atoms with Crippen LogP contribution in [0.3, 0.4) is 0 Å². The van der Waals surface area contributed by atoms with Crippen molar-refractivity contribution in [1.29, 1.82) is 0 Å². The Hall–Kier alpha value is -3.05. The maximum Gasteiger partial charge on any atom is 0.307 e. The quantitative estimate of drug-likeness (QED) is 0.308. The van der Waals surface area contributed by atoms with Gasteiger partial charge in [-0.05, 0) is 74.4 Å². The third-order valence-corrected chi connectivity index (χ3v) is 6.22. The van der Waals surface area contributed by atoms with Crippen LogP contribution in [-0.2, 0) is 19.3 Å². The topological polar surface area (TPSA) is 53.1 Å². The summed E-state index contributed by atoms with van der Waals surface area (Å²) in [6.07, 6.45) is 10.1. The van der Waals surface area contributed by atoms with Crippen molar-refractivity contribution in [3.8, 4) is 23.0 Å². The predicted octanol–water partition coefficient (Wildman–Crippen LogP) is 6.38. The monoisotopic (exact) mass is 447 g/mol. The van der Waals surface area contributed by atoms with Crippen molar-refractivity contribution < 1.29 is 9.15 Å². The lowest BCUT2D eigenvalue weighted by atomic mass is 9.92. The Bertz CT molecular complexity index is 1210. The van der Waals surface area contributed by atoms with E-state index in [1.54, 1.807) is 6.20 Å². The molecule has 1 aliphatic carbocycles. The molecule has 4 aromatic rings. The highest BCUT2D eigenvalue weighted by molar-refractivity contribution is 6.30. The summed E-state index contributed by atoms with van der Waals surface area (Å²) in [6.45, 7) is 2.55. The van der Waals surface area contributed by atoms with Gasteiger partial charge in [0.2, 0.25) is 0 Å². The van der Waals surface area contributed by atoms with Crippen LogP contribution in [0.4, 0.5) is 0 Å². The number of halogens is 1. The fourth-order valence-electron chi connectivity index (χ4n) is 4.25. The number of aryl methyl sites for hydroxylation is 4.